The van der Waals surface area contributed by atoms with Crippen LogP contribution in [0.4, 0.5) is 0 Å². The first-order chi connectivity index (χ1) is 4.38. The summed E-state index contributed by atoms with van der Waals surface area (Å²) in [5, 5.41) is 0. The molecule has 0 spiro atoms. The second kappa shape index (κ2) is 4.66. The molecule has 0 aliphatic heterocycles. The highest BCUT2D eigenvalue weighted by molar-refractivity contribution is 7.09. The van der Waals surface area contributed by atoms with Gasteiger partial charge in [-0.1, -0.05) is 6.92 Å². The van der Waals surface area contributed by atoms with Crippen LogP contribution in [0.1, 0.15) is 17.5 Å². The molecule has 0 aromatic carbocycles. The highest BCUT2D eigenvalue weighted by Gasteiger charge is 1.99. The van der Waals surface area contributed by atoms with E-state index in [1.54, 1.807) is 11.3 Å². The lowest BCUT2D eigenvalue weighted by molar-refractivity contribution is 0.988. The summed E-state index contributed by atoms with van der Waals surface area (Å²) < 4.78 is 0. The number of hydrogen-bond donors (Lipinski definition) is 1. The average molecular weight is 179 g/mol. The highest BCUT2D eigenvalue weighted by atomic mass is 35.5. The summed E-state index contributed by atoms with van der Waals surface area (Å²) in [5.41, 5.74) is 8.44. The molecule has 0 fully saturated rings. The zero-order valence-corrected chi connectivity index (χ0v) is 7.47. The average Bonchev–Trinajstić information content (AvgIpc) is 2.33. The van der Waals surface area contributed by atoms with Crippen LogP contribution < -0.4 is 5.73 Å². The summed E-state index contributed by atoms with van der Waals surface area (Å²) in [6, 6.07) is 0. The van der Waals surface area contributed by atoms with Gasteiger partial charge in [-0.3, -0.25) is 0 Å². The third-order valence-electron chi connectivity index (χ3n) is 1.25. The van der Waals surface area contributed by atoms with E-state index < -0.39 is 0 Å². The van der Waals surface area contributed by atoms with Gasteiger partial charge in [0, 0.05) is 11.4 Å². The fraction of sp³-hybridized carbons (Fsp3) is 0.500. The van der Waals surface area contributed by atoms with Gasteiger partial charge in [-0.2, -0.15) is 0 Å². The maximum atomic E-state index is 5.44. The molecule has 0 bridgehead atoms. The minimum absolute atomic E-state index is 0. The summed E-state index contributed by atoms with van der Waals surface area (Å²) in [5.74, 6) is 0. The van der Waals surface area contributed by atoms with Crippen molar-refractivity contribution in [2.45, 2.75) is 19.9 Å². The molecule has 0 radical (unpaired) electrons. The van der Waals surface area contributed by atoms with Crippen LogP contribution in [0.3, 0.4) is 0 Å². The van der Waals surface area contributed by atoms with Gasteiger partial charge in [-0.15, -0.1) is 23.7 Å². The highest BCUT2D eigenvalue weighted by Crippen LogP contribution is 2.11. The number of nitrogens with two attached hydrogens (primary N) is 1. The predicted molar refractivity (Wildman–Crippen MR) is 46.6 cm³/mol. The van der Waals surface area contributed by atoms with Crippen molar-refractivity contribution in [3.63, 3.8) is 0 Å². The minimum Gasteiger partial charge on any atom is -0.326 e. The summed E-state index contributed by atoms with van der Waals surface area (Å²) in [6.45, 7) is 2.72. The normalized spacial score (nSPS) is 9.00. The van der Waals surface area contributed by atoms with Gasteiger partial charge in [-0.25, -0.2) is 4.98 Å². The van der Waals surface area contributed by atoms with E-state index >= 15 is 0 Å². The van der Waals surface area contributed by atoms with Gasteiger partial charge >= 0.3 is 0 Å². The molecule has 4 heteroatoms. The summed E-state index contributed by atoms with van der Waals surface area (Å²) in [7, 11) is 0. The monoisotopic (exact) mass is 178 g/mol. The van der Waals surface area contributed by atoms with Crippen LogP contribution in [0.2, 0.25) is 0 Å². The number of nitrogens with zero attached hydrogens (tertiary/aromatic N) is 1. The number of aryl methyl sites for hydroxylation is 1. The Kier molecular flexibility index (Phi) is 4.60. The number of hydrogen-bond acceptors (Lipinski definition) is 3. The van der Waals surface area contributed by atoms with Crippen LogP contribution in [0.5, 0.6) is 0 Å². The first kappa shape index (κ1) is 9.88. The molecule has 0 atom stereocenters. The first-order valence-corrected chi connectivity index (χ1v) is 3.87. The van der Waals surface area contributed by atoms with E-state index in [9.17, 15) is 0 Å². The van der Waals surface area contributed by atoms with E-state index in [2.05, 4.69) is 11.9 Å². The topological polar surface area (TPSA) is 38.9 Å². The Balaban J connectivity index is 0.000000810. The SMILES string of the molecule is CCc1ncsc1CN.Cl. The third kappa shape index (κ3) is 1.94. The van der Waals surface area contributed by atoms with Crippen LogP contribution in [0, 0.1) is 0 Å². The smallest absolute Gasteiger partial charge is 0.0798 e. The maximum Gasteiger partial charge on any atom is 0.0798 e. The Morgan fingerprint density at radius 1 is 1.70 bits per heavy atom. The molecule has 2 N–H and O–H groups in total. The van der Waals surface area contributed by atoms with E-state index in [4.69, 9.17) is 5.73 Å². The number of rotatable bonds is 2. The number of aromatic nitrogens is 1. The van der Waals surface area contributed by atoms with Gasteiger partial charge in [0.2, 0.25) is 0 Å². The van der Waals surface area contributed by atoms with Crippen molar-refractivity contribution in [2.75, 3.05) is 0 Å². The Hall–Kier alpha value is -0.120. The van der Waals surface area contributed by atoms with E-state index in [1.165, 1.54) is 4.88 Å². The lowest BCUT2D eigenvalue weighted by atomic mass is 10.3. The second-order valence-electron chi connectivity index (χ2n) is 1.78. The Morgan fingerprint density at radius 3 is 2.80 bits per heavy atom. The van der Waals surface area contributed by atoms with Gasteiger partial charge in [-0.05, 0) is 6.42 Å². The van der Waals surface area contributed by atoms with Gasteiger partial charge in [0.15, 0.2) is 0 Å². The van der Waals surface area contributed by atoms with Crippen molar-refractivity contribution in [1.29, 1.82) is 0 Å². The van der Waals surface area contributed by atoms with Gasteiger partial charge in [0.1, 0.15) is 0 Å². The number of halogens is 1. The molecule has 1 aromatic heterocycles. The minimum atomic E-state index is 0. The second-order valence-corrected chi connectivity index (χ2v) is 2.72. The molecule has 0 unspecified atom stereocenters. The fourth-order valence-electron chi connectivity index (χ4n) is 0.748. The van der Waals surface area contributed by atoms with E-state index in [-0.39, 0.29) is 12.4 Å². The summed E-state index contributed by atoms with van der Waals surface area (Å²) in [4.78, 5) is 5.36. The van der Waals surface area contributed by atoms with Crippen molar-refractivity contribution in [2.24, 2.45) is 5.73 Å². The van der Waals surface area contributed by atoms with Crippen LogP contribution in [0.25, 0.3) is 0 Å². The first-order valence-electron chi connectivity index (χ1n) is 2.99. The Labute approximate surface area is 70.9 Å². The molecule has 2 nitrogen and oxygen atoms in total. The maximum absolute atomic E-state index is 5.44. The molecule has 0 amide bonds. The molecule has 1 heterocycles. The molecular weight excluding hydrogens is 168 g/mol. The van der Waals surface area contributed by atoms with E-state index in [0.29, 0.717) is 6.54 Å². The molecule has 58 valence electrons. The summed E-state index contributed by atoms with van der Waals surface area (Å²) in [6.07, 6.45) is 0.996. The van der Waals surface area contributed by atoms with Crippen LogP contribution >= 0.6 is 23.7 Å². The molecule has 1 rings (SSSR count). The van der Waals surface area contributed by atoms with Crippen molar-refractivity contribution in [1.82, 2.24) is 4.98 Å². The fourth-order valence-corrected chi connectivity index (χ4v) is 1.48. The van der Waals surface area contributed by atoms with Crippen molar-refractivity contribution < 1.29 is 0 Å². The van der Waals surface area contributed by atoms with Crippen molar-refractivity contribution in [3.8, 4) is 0 Å². The third-order valence-corrected chi connectivity index (χ3v) is 2.14. The standard InChI is InChI=1S/C6H10N2S.ClH/c1-2-5-6(3-7)9-4-8-5;/h4H,2-3,7H2,1H3;1H. The molecule has 0 saturated heterocycles. The zero-order valence-electron chi connectivity index (χ0n) is 5.83. The zero-order chi connectivity index (χ0) is 6.69. The Morgan fingerprint density at radius 2 is 2.40 bits per heavy atom. The van der Waals surface area contributed by atoms with Crippen molar-refractivity contribution in [3.05, 3.63) is 16.1 Å². The van der Waals surface area contributed by atoms with Crippen LogP contribution in [-0.2, 0) is 13.0 Å². The van der Waals surface area contributed by atoms with E-state index in [0.717, 1.165) is 12.1 Å². The van der Waals surface area contributed by atoms with E-state index in [1.807, 2.05) is 5.51 Å². The van der Waals surface area contributed by atoms with Crippen LogP contribution in [0.15, 0.2) is 5.51 Å². The van der Waals surface area contributed by atoms with Gasteiger partial charge < -0.3 is 5.73 Å². The molecule has 0 aliphatic rings. The summed E-state index contributed by atoms with van der Waals surface area (Å²) >= 11 is 1.64. The lowest BCUT2D eigenvalue weighted by Crippen LogP contribution is -1.96. The molecule has 1 aromatic rings. The van der Waals surface area contributed by atoms with Gasteiger partial charge in [0.25, 0.3) is 0 Å². The predicted octanol–water partition coefficient (Wildman–Crippen LogP) is 1.59. The van der Waals surface area contributed by atoms with Gasteiger partial charge in [0.05, 0.1) is 11.2 Å². The molecule has 10 heavy (non-hydrogen) atoms. The lowest BCUT2D eigenvalue weighted by Gasteiger charge is -1.91. The largest absolute Gasteiger partial charge is 0.326 e. The Bertz CT molecular complexity index is 169. The van der Waals surface area contributed by atoms with Crippen LogP contribution in [-0.4, -0.2) is 4.98 Å². The molecule has 0 aliphatic carbocycles. The van der Waals surface area contributed by atoms with Crippen molar-refractivity contribution >= 4 is 23.7 Å². The number of thiazole rings is 1. The molecule has 0 saturated carbocycles. The molecular formula is C6H11ClN2S. The quantitative estimate of drug-likeness (QED) is 0.747.